The average Bonchev–Trinajstić information content (AvgIpc) is 2.62. The van der Waals surface area contributed by atoms with E-state index in [0.29, 0.717) is 23.0 Å². The van der Waals surface area contributed by atoms with Crippen LogP contribution in [0, 0.1) is 0 Å². The summed E-state index contributed by atoms with van der Waals surface area (Å²) >= 11 is 0. The molecular weight excluding hydrogens is 308 g/mol. The molecule has 0 saturated heterocycles. The molecule has 128 valence electrons. The molecule has 0 spiro atoms. The summed E-state index contributed by atoms with van der Waals surface area (Å²) in [5.74, 6) is 1.46. The molecule has 0 fully saturated rings. The molecular formula is C17H22N4O3. The molecule has 1 amide bonds. The second-order valence-corrected chi connectivity index (χ2v) is 5.09. The topological polar surface area (TPSA) is 85.4 Å². The monoisotopic (exact) mass is 330 g/mol. The van der Waals surface area contributed by atoms with E-state index in [4.69, 9.17) is 9.47 Å². The van der Waals surface area contributed by atoms with Gasteiger partial charge in [-0.15, -0.1) is 0 Å². The van der Waals surface area contributed by atoms with Crippen LogP contribution in [0.4, 0.5) is 11.5 Å². The second-order valence-electron chi connectivity index (χ2n) is 5.09. The van der Waals surface area contributed by atoms with E-state index in [0.717, 1.165) is 19.4 Å². The maximum absolute atomic E-state index is 12.4. The Hall–Kier alpha value is -2.83. The molecule has 2 aromatic rings. The lowest BCUT2D eigenvalue weighted by molar-refractivity contribution is 0.102. The van der Waals surface area contributed by atoms with Crippen molar-refractivity contribution in [2.75, 3.05) is 31.4 Å². The molecule has 0 atom stereocenters. The Morgan fingerprint density at radius 2 is 2.00 bits per heavy atom. The van der Waals surface area contributed by atoms with E-state index in [1.807, 2.05) is 0 Å². The summed E-state index contributed by atoms with van der Waals surface area (Å²) in [5, 5.41) is 5.96. The van der Waals surface area contributed by atoms with E-state index < -0.39 is 0 Å². The minimum absolute atomic E-state index is 0.280. The van der Waals surface area contributed by atoms with Gasteiger partial charge in [0.05, 0.1) is 19.9 Å². The van der Waals surface area contributed by atoms with Crippen LogP contribution in [0.3, 0.4) is 0 Å². The van der Waals surface area contributed by atoms with Crippen LogP contribution in [0.5, 0.6) is 11.5 Å². The van der Waals surface area contributed by atoms with Crippen molar-refractivity contribution >= 4 is 17.4 Å². The van der Waals surface area contributed by atoms with Gasteiger partial charge in [-0.3, -0.25) is 4.79 Å². The van der Waals surface area contributed by atoms with Gasteiger partial charge in [-0.2, -0.15) is 0 Å². The number of aromatic nitrogens is 2. The molecule has 1 aromatic carbocycles. The third-order valence-corrected chi connectivity index (χ3v) is 3.39. The first kappa shape index (κ1) is 17.5. The van der Waals surface area contributed by atoms with Crippen LogP contribution in [0.15, 0.2) is 30.6 Å². The van der Waals surface area contributed by atoms with Crippen molar-refractivity contribution in [3.63, 3.8) is 0 Å². The molecule has 2 rings (SSSR count). The molecule has 7 nitrogen and oxygen atoms in total. The summed E-state index contributed by atoms with van der Waals surface area (Å²) in [6.45, 7) is 2.92. The minimum atomic E-state index is -0.334. The van der Waals surface area contributed by atoms with Crippen LogP contribution in [0.25, 0.3) is 0 Å². The SMILES string of the molecule is CCCCNc1cc(C(=O)Nc2ccc(OC)cc2OC)ncn1. The largest absolute Gasteiger partial charge is 0.497 e. The van der Waals surface area contributed by atoms with E-state index in [1.165, 1.54) is 13.4 Å². The minimum Gasteiger partial charge on any atom is -0.497 e. The van der Waals surface area contributed by atoms with Crippen molar-refractivity contribution in [2.24, 2.45) is 0 Å². The quantitative estimate of drug-likeness (QED) is 0.724. The Morgan fingerprint density at radius 3 is 2.71 bits per heavy atom. The lowest BCUT2D eigenvalue weighted by Gasteiger charge is -2.11. The van der Waals surface area contributed by atoms with E-state index in [1.54, 1.807) is 31.4 Å². The highest BCUT2D eigenvalue weighted by Gasteiger charge is 2.12. The van der Waals surface area contributed by atoms with Crippen molar-refractivity contribution in [1.29, 1.82) is 0 Å². The summed E-state index contributed by atoms with van der Waals surface area (Å²) in [4.78, 5) is 20.5. The summed E-state index contributed by atoms with van der Waals surface area (Å²) in [6.07, 6.45) is 3.49. The number of amides is 1. The summed E-state index contributed by atoms with van der Waals surface area (Å²) in [5.41, 5.74) is 0.823. The number of hydrogen-bond donors (Lipinski definition) is 2. The van der Waals surface area contributed by atoms with Gasteiger partial charge in [0.25, 0.3) is 5.91 Å². The van der Waals surface area contributed by atoms with Gasteiger partial charge in [-0.1, -0.05) is 13.3 Å². The smallest absolute Gasteiger partial charge is 0.274 e. The zero-order chi connectivity index (χ0) is 17.4. The Bertz CT molecular complexity index is 691. The first-order valence-electron chi connectivity index (χ1n) is 7.77. The molecule has 0 saturated carbocycles. The number of carbonyl (C=O) groups excluding carboxylic acids is 1. The Balaban J connectivity index is 2.11. The maximum atomic E-state index is 12.4. The van der Waals surface area contributed by atoms with Crippen LogP contribution in [-0.4, -0.2) is 36.6 Å². The standard InChI is InChI=1S/C17H22N4O3/c1-4-5-8-18-16-10-14(19-11-20-16)17(22)21-13-7-6-12(23-2)9-15(13)24-3/h6-7,9-11H,4-5,8H2,1-3H3,(H,21,22)(H,18,19,20). The van der Waals surface area contributed by atoms with Crippen LogP contribution < -0.4 is 20.1 Å². The van der Waals surface area contributed by atoms with E-state index in [9.17, 15) is 4.79 Å². The molecule has 1 heterocycles. The number of nitrogens with one attached hydrogen (secondary N) is 2. The molecule has 0 aliphatic heterocycles. The number of unbranched alkanes of at least 4 members (excludes halogenated alkanes) is 1. The fourth-order valence-electron chi connectivity index (χ4n) is 2.06. The highest BCUT2D eigenvalue weighted by Crippen LogP contribution is 2.29. The first-order valence-corrected chi connectivity index (χ1v) is 7.77. The molecule has 0 radical (unpaired) electrons. The average molecular weight is 330 g/mol. The highest BCUT2D eigenvalue weighted by atomic mass is 16.5. The number of benzene rings is 1. The van der Waals surface area contributed by atoms with Gasteiger partial charge in [0.1, 0.15) is 29.3 Å². The summed E-state index contributed by atoms with van der Waals surface area (Å²) < 4.78 is 10.4. The number of methoxy groups -OCH3 is 2. The first-order chi connectivity index (χ1) is 11.7. The van der Waals surface area contributed by atoms with E-state index in [-0.39, 0.29) is 11.6 Å². The van der Waals surface area contributed by atoms with Gasteiger partial charge in [0.2, 0.25) is 0 Å². The molecule has 0 unspecified atom stereocenters. The van der Waals surface area contributed by atoms with Gasteiger partial charge in [0.15, 0.2) is 0 Å². The number of nitrogens with zero attached hydrogens (tertiary/aromatic N) is 2. The lowest BCUT2D eigenvalue weighted by Crippen LogP contribution is -2.15. The van der Waals surface area contributed by atoms with Crippen molar-refractivity contribution in [1.82, 2.24) is 9.97 Å². The van der Waals surface area contributed by atoms with Gasteiger partial charge >= 0.3 is 0 Å². The predicted molar refractivity (Wildman–Crippen MR) is 92.9 cm³/mol. The fraction of sp³-hybridized carbons (Fsp3) is 0.353. The fourth-order valence-corrected chi connectivity index (χ4v) is 2.06. The summed E-state index contributed by atoms with van der Waals surface area (Å²) in [7, 11) is 3.10. The maximum Gasteiger partial charge on any atom is 0.274 e. The van der Waals surface area contributed by atoms with Crippen molar-refractivity contribution in [3.05, 3.63) is 36.3 Å². The Morgan fingerprint density at radius 1 is 1.17 bits per heavy atom. The van der Waals surface area contributed by atoms with Crippen LogP contribution in [-0.2, 0) is 0 Å². The van der Waals surface area contributed by atoms with Gasteiger partial charge < -0.3 is 20.1 Å². The number of ether oxygens (including phenoxy) is 2. The number of anilines is 2. The third-order valence-electron chi connectivity index (χ3n) is 3.39. The molecule has 2 N–H and O–H groups in total. The number of hydrogen-bond acceptors (Lipinski definition) is 6. The molecule has 0 bridgehead atoms. The predicted octanol–water partition coefficient (Wildman–Crippen LogP) is 2.96. The van der Waals surface area contributed by atoms with Gasteiger partial charge in [0, 0.05) is 18.7 Å². The third kappa shape index (κ3) is 4.58. The molecule has 24 heavy (non-hydrogen) atoms. The lowest BCUT2D eigenvalue weighted by atomic mass is 10.2. The zero-order valence-corrected chi connectivity index (χ0v) is 14.1. The van der Waals surface area contributed by atoms with Gasteiger partial charge in [-0.05, 0) is 18.6 Å². The normalized spacial score (nSPS) is 10.1. The Kier molecular flexibility index (Phi) is 6.36. The molecule has 0 aliphatic rings. The van der Waals surface area contributed by atoms with Crippen molar-refractivity contribution in [3.8, 4) is 11.5 Å². The molecule has 7 heteroatoms. The number of carbonyl (C=O) groups is 1. The zero-order valence-electron chi connectivity index (χ0n) is 14.1. The number of rotatable bonds is 8. The van der Waals surface area contributed by atoms with Gasteiger partial charge in [-0.25, -0.2) is 9.97 Å². The van der Waals surface area contributed by atoms with Crippen molar-refractivity contribution in [2.45, 2.75) is 19.8 Å². The molecule has 1 aromatic heterocycles. The summed E-state index contributed by atoms with van der Waals surface area (Å²) in [6, 6.07) is 6.79. The van der Waals surface area contributed by atoms with Crippen LogP contribution in [0.1, 0.15) is 30.3 Å². The van der Waals surface area contributed by atoms with E-state index in [2.05, 4.69) is 27.5 Å². The van der Waals surface area contributed by atoms with Crippen molar-refractivity contribution < 1.29 is 14.3 Å². The molecule has 0 aliphatic carbocycles. The Labute approximate surface area is 141 Å². The van der Waals surface area contributed by atoms with E-state index >= 15 is 0 Å². The van der Waals surface area contributed by atoms with Crippen LogP contribution >= 0.6 is 0 Å². The highest BCUT2D eigenvalue weighted by molar-refractivity contribution is 6.04. The van der Waals surface area contributed by atoms with Crippen LogP contribution in [0.2, 0.25) is 0 Å². The second kappa shape index (κ2) is 8.71.